The minimum Gasteiger partial charge on any atom is -0.300 e. The standard InChI is InChI=1S/C16H10BrFN2OS/c17-11-3-1-10(2-4-11)9-14-15(21)20-16(22-14)19-13-7-5-12(18)6-8-13/h1-9H,(H,19,20,21)/b14-9-. The second kappa shape index (κ2) is 6.46. The Morgan fingerprint density at radius 1 is 1.09 bits per heavy atom. The van der Waals surface area contributed by atoms with Crippen LogP contribution in [-0.4, -0.2) is 11.1 Å². The molecule has 3 nitrogen and oxygen atoms in total. The van der Waals surface area contributed by atoms with Gasteiger partial charge in [0.2, 0.25) is 0 Å². The minimum atomic E-state index is -0.317. The molecule has 2 aromatic rings. The first kappa shape index (κ1) is 15.0. The maximum atomic E-state index is 12.9. The van der Waals surface area contributed by atoms with E-state index in [0.29, 0.717) is 15.8 Å². The van der Waals surface area contributed by atoms with Crippen molar-refractivity contribution in [1.82, 2.24) is 5.32 Å². The molecule has 0 spiro atoms. The van der Waals surface area contributed by atoms with Gasteiger partial charge in [-0.1, -0.05) is 28.1 Å². The second-order valence-corrected chi connectivity index (χ2v) is 6.46. The van der Waals surface area contributed by atoms with Crippen LogP contribution in [0.15, 0.2) is 62.9 Å². The Balaban J connectivity index is 1.80. The largest absolute Gasteiger partial charge is 0.300 e. The van der Waals surface area contributed by atoms with Crippen LogP contribution < -0.4 is 5.32 Å². The summed E-state index contributed by atoms with van der Waals surface area (Å²) in [7, 11) is 0. The number of carbonyl (C=O) groups is 1. The van der Waals surface area contributed by atoms with E-state index >= 15 is 0 Å². The summed E-state index contributed by atoms with van der Waals surface area (Å²) in [5.41, 5.74) is 1.53. The molecule has 1 N–H and O–H groups in total. The number of nitrogens with one attached hydrogen (secondary N) is 1. The van der Waals surface area contributed by atoms with Crippen molar-refractivity contribution in [1.29, 1.82) is 0 Å². The Labute approximate surface area is 139 Å². The van der Waals surface area contributed by atoms with Crippen LogP contribution in [0.25, 0.3) is 6.08 Å². The Morgan fingerprint density at radius 3 is 2.45 bits per heavy atom. The van der Waals surface area contributed by atoms with E-state index in [2.05, 4.69) is 26.2 Å². The quantitative estimate of drug-likeness (QED) is 0.785. The lowest BCUT2D eigenvalue weighted by Crippen LogP contribution is -2.19. The van der Waals surface area contributed by atoms with Gasteiger partial charge in [-0.2, -0.15) is 0 Å². The van der Waals surface area contributed by atoms with Gasteiger partial charge in [0, 0.05) is 4.47 Å². The molecule has 0 bridgehead atoms. The molecule has 0 saturated carbocycles. The van der Waals surface area contributed by atoms with Gasteiger partial charge in [-0.15, -0.1) is 0 Å². The molecule has 1 heterocycles. The molecule has 0 unspecified atom stereocenters. The number of carbonyl (C=O) groups excluding carboxylic acids is 1. The molecule has 1 aliphatic heterocycles. The van der Waals surface area contributed by atoms with E-state index in [1.807, 2.05) is 24.3 Å². The lowest BCUT2D eigenvalue weighted by molar-refractivity contribution is -0.115. The lowest BCUT2D eigenvalue weighted by atomic mass is 10.2. The molecule has 1 amide bonds. The summed E-state index contributed by atoms with van der Waals surface area (Å²) >= 11 is 4.63. The summed E-state index contributed by atoms with van der Waals surface area (Å²) in [6.45, 7) is 0. The number of aliphatic imine (C=N–C) groups is 1. The molecule has 2 aromatic carbocycles. The van der Waals surface area contributed by atoms with Crippen LogP contribution in [0.4, 0.5) is 10.1 Å². The Kier molecular flexibility index (Phi) is 4.40. The molecule has 22 heavy (non-hydrogen) atoms. The predicted octanol–water partition coefficient (Wildman–Crippen LogP) is 4.48. The summed E-state index contributed by atoms with van der Waals surface area (Å²) in [4.78, 5) is 16.8. The number of amidine groups is 1. The zero-order valence-corrected chi connectivity index (χ0v) is 13.6. The van der Waals surface area contributed by atoms with E-state index in [1.54, 1.807) is 18.2 Å². The van der Waals surface area contributed by atoms with E-state index in [9.17, 15) is 9.18 Å². The first-order valence-electron chi connectivity index (χ1n) is 6.41. The Hall–Kier alpha value is -1.92. The summed E-state index contributed by atoms with van der Waals surface area (Å²) in [6, 6.07) is 13.4. The van der Waals surface area contributed by atoms with Crippen LogP contribution >= 0.6 is 27.7 Å². The van der Waals surface area contributed by atoms with Crippen LogP contribution in [0, 0.1) is 5.82 Å². The normalized spacial score (nSPS) is 18.0. The van der Waals surface area contributed by atoms with Crippen molar-refractivity contribution < 1.29 is 9.18 Å². The van der Waals surface area contributed by atoms with Gasteiger partial charge in [0.15, 0.2) is 5.17 Å². The van der Waals surface area contributed by atoms with E-state index in [4.69, 9.17) is 0 Å². The van der Waals surface area contributed by atoms with Crippen molar-refractivity contribution in [2.75, 3.05) is 0 Å². The van der Waals surface area contributed by atoms with Crippen molar-refractivity contribution in [3.63, 3.8) is 0 Å². The second-order valence-electron chi connectivity index (χ2n) is 4.51. The fourth-order valence-corrected chi connectivity index (χ4v) is 2.93. The maximum absolute atomic E-state index is 12.9. The minimum absolute atomic E-state index is 0.186. The van der Waals surface area contributed by atoms with Crippen molar-refractivity contribution >= 4 is 50.5 Å². The summed E-state index contributed by atoms with van der Waals surface area (Å²) < 4.78 is 13.8. The zero-order valence-electron chi connectivity index (χ0n) is 11.2. The van der Waals surface area contributed by atoms with Crippen molar-refractivity contribution in [3.8, 4) is 0 Å². The Morgan fingerprint density at radius 2 is 1.77 bits per heavy atom. The van der Waals surface area contributed by atoms with Crippen molar-refractivity contribution in [2.45, 2.75) is 0 Å². The molecule has 6 heteroatoms. The monoisotopic (exact) mass is 376 g/mol. The van der Waals surface area contributed by atoms with Crippen LogP contribution in [0.3, 0.4) is 0 Å². The molecule has 1 fully saturated rings. The molecule has 0 aliphatic carbocycles. The van der Waals surface area contributed by atoms with E-state index in [0.717, 1.165) is 10.0 Å². The average molecular weight is 377 g/mol. The average Bonchev–Trinajstić information content (AvgIpc) is 2.84. The fraction of sp³-hybridized carbons (Fsp3) is 0. The molecule has 3 rings (SSSR count). The summed E-state index contributed by atoms with van der Waals surface area (Å²) in [6.07, 6.45) is 1.81. The van der Waals surface area contributed by atoms with Crippen LogP contribution in [-0.2, 0) is 4.79 Å². The van der Waals surface area contributed by atoms with Crippen LogP contribution in [0.5, 0.6) is 0 Å². The van der Waals surface area contributed by atoms with E-state index < -0.39 is 0 Å². The van der Waals surface area contributed by atoms with Gasteiger partial charge in [-0.3, -0.25) is 4.79 Å². The number of benzene rings is 2. The highest BCUT2D eigenvalue weighted by Gasteiger charge is 2.23. The van der Waals surface area contributed by atoms with Crippen molar-refractivity contribution in [3.05, 3.63) is 69.3 Å². The van der Waals surface area contributed by atoms with Gasteiger partial charge in [0.25, 0.3) is 5.91 Å². The highest BCUT2D eigenvalue weighted by molar-refractivity contribution is 9.10. The van der Waals surface area contributed by atoms with Gasteiger partial charge in [-0.05, 0) is 59.8 Å². The number of amides is 1. The highest BCUT2D eigenvalue weighted by atomic mass is 79.9. The number of rotatable bonds is 2. The maximum Gasteiger partial charge on any atom is 0.264 e. The van der Waals surface area contributed by atoms with Crippen LogP contribution in [0.1, 0.15) is 5.56 Å². The van der Waals surface area contributed by atoms with Gasteiger partial charge in [0.05, 0.1) is 10.6 Å². The van der Waals surface area contributed by atoms with E-state index in [-0.39, 0.29) is 11.7 Å². The molecule has 0 aromatic heterocycles. The summed E-state index contributed by atoms with van der Waals surface area (Å²) in [5, 5.41) is 3.19. The van der Waals surface area contributed by atoms with Crippen LogP contribution in [0.2, 0.25) is 0 Å². The molecular formula is C16H10BrFN2OS. The van der Waals surface area contributed by atoms with Crippen molar-refractivity contribution in [2.24, 2.45) is 4.99 Å². The molecule has 110 valence electrons. The smallest absolute Gasteiger partial charge is 0.264 e. The zero-order chi connectivity index (χ0) is 15.5. The Bertz CT molecular complexity index is 770. The lowest BCUT2D eigenvalue weighted by Gasteiger charge is -1.96. The third kappa shape index (κ3) is 3.64. The number of halogens is 2. The molecule has 1 aliphatic rings. The SMILES string of the molecule is O=C1NC(=Nc2ccc(F)cc2)S/C1=C\c1ccc(Br)cc1. The molecule has 0 atom stereocenters. The first-order valence-corrected chi connectivity index (χ1v) is 8.02. The third-order valence-electron chi connectivity index (χ3n) is 2.88. The molecule has 1 saturated heterocycles. The van der Waals surface area contributed by atoms with E-state index in [1.165, 1.54) is 23.9 Å². The number of hydrogen-bond donors (Lipinski definition) is 1. The number of nitrogens with zero attached hydrogens (tertiary/aromatic N) is 1. The summed E-state index contributed by atoms with van der Waals surface area (Å²) in [5.74, 6) is -0.503. The van der Waals surface area contributed by atoms with Gasteiger partial charge in [0.1, 0.15) is 5.82 Å². The topological polar surface area (TPSA) is 41.5 Å². The molecule has 0 radical (unpaired) electrons. The van der Waals surface area contributed by atoms with Gasteiger partial charge >= 0.3 is 0 Å². The highest BCUT2D eigenvalue weighted by Crippen LogP contribution is 2.28. The first-order chi connectivity index (χ1) is 10.6. The van der Waals surface area contributed by atoms with Gasteiger partial charge in [-0.25, -0.2) is 9.38 Å². The number of hydrogen-bond acceptors (Lipinski definition) is 3. The molecular weight excluding hydrogens is 367 g/mol. The third-order valence-corrected chi connectivity index (χ3v) is 4.31. The van der Waals surface area contributed by atoms with Gasteiger partial charge < -0.3 is 5.32 Å². The number of thioether (sulfide) groups is 1. The predicted molar refractivity (Wildman–Crippen MR) is 91.3 cm³/mol. The fourth-order valence-electron chi connectivity index (χ4n) is 1.82.